The van der Waals surface area contributed by atoms with Gasteiger partial charge in [0.2, 0.25) is 0 Å². The van der Waals surface area contributed by atoms with Gasteiger partial charge in [-0.25, -0.2) is 0 Å². The van der Waals surface area contributed by atoms with E-state index in [-0.39, 0.29) is 0 Å². The average molecular weight is 302 g/mol. The molecule has 2 aliphatic rings. The molecule has 122 valence electrons. The molecule has 2 fully saturated rings. The summed E-state index contributed by atoms with van der Waals surface area (Å²) in [5.74, 6) is 1.80. The molecule has 2 N–H and O–H groups in total. The largest absolute Gasteiger partial charge is 0.492 e. The normalized spacial score (nSPS) is 28.7. The number of piperidine rings is 1. The molecule has 3 atom stereocenters. The van der Waals surface area contributed by atoms with Crippen LogP contribution in [-0.4, -0.2) is 31.8 Å². The van der Waals surface area contributed by atoms with E-state index in [9.17, 15) is 0 Å². The third kappa shape index (κ3) is 4.23. The zero-order valence-corrected chi connectivity index (χ0v) is 13.8. The molecule has 1 aromatic rings. The molecule has 0 radical (unpaired) electrons. The Balaban J connectivity index is 1.40. The van der Waals surface area contributed by atoms with Crippen molar-refractivity contribution in [3.63, 3.8) is 0 Å². The predicted octanol–water partition coefficient (Wildman–Crippen LogP) is 3.27. The maximum atomic E-state index is 5.85. The van der Waals surface area contributed by atoms with Gasteiger partial charge in [0.15, 0.2) is 0 Å². The zero-order chi connectivity index (χ0) is 15.2. The van der Waals surface area contributed by atoms with Gasteiger partial charge in [-0.2, -0.15) is 0 Å². The maximum Gasteiger partial charge on any atom is 0.119 e. The van der Waals surface area contributed by atoms with Gasteiger partial charge in [0.05, 0.1) is 0 Å². The first-order valence-electron chi connectivity index (χ1n) is 8.99. The molecule has 3 heteroatoms. The second kappa shape index (κ2) is 7.98. The van der Waals surface area contributed by atoms with Crippen LogP contribution < -0.4 is 15.4 Å². The first-order chi connectivity index (χ1) is 10.8. The second-order valence-corrected chi connectivity index (χ2v) is 6.88. The van der Waals surface area contributed by atoms with Crippen LogP contribution in [0.1, 0.15) is 44.1 Å². The smallest absolute Gasteiger partial charge is 0.119 e. The molecule has 1 aliphatic heterocycles. The van der Waals surface area contributed by atoms with Crippen LogP contribution in [0, 0.1) is 12.8 Å². The Morgan fingerprint density at radius 3 is 2.95 bits per heavy atom. The van der Waals surface area contributed by atoms with Crippen LogP contribution in [0.15, 0.2) is 24.3 Å². The van der Waals surface area contributed by atoms with Crippen LogP contribution in [0.5, 0.6) is 5.75 Å². The molecule has 1 heterocycles. The summed E-state index contributed by atoms with van der Waals surface area (Å²) in [4.78, 5) is 0. The summed E-state index contributed by atoms with van der Waals surface area (Å²) in [6, 6.07) is 9.72. The lowest BCUT2D eigenvalue weighted by molar-refractivity contribution is 0.243. The highest BCUT2D eigenvalue weighted by Crippen LogP contribution is 2.31. The van der Waals surface area contributed by atoms with E-state index in [4.69, 9.17) is 4.74 Å². The Kier molecular flexibility index (Phi) is 5.74. The van der Waals surface area contributed by atoms with Crippen molar-refractivity contribution in [1.29, 1.82) is 0 Å². The van der Waals surface area contributed by atoms with Gasteiger partial charge >= 0.3 is 0 Å². The van der Waals surface area contributed by atoms with E-state index in [1.165, 1.54) is 50.6 Å². The molecule has 1 saturated heterocycles. The molecular formula is C19H30N2O. The van der Waals surface area contributed by atoms with E-state index < -0.39 is 0 Å². The highest BCUT2D eigenvalue weighted by atomic mass is 16.5. The molecule has 1 aliphatic carbocycles. The van der Waals surface area contributed by atoms with Gasteiger partial charge in [-0.3, -0.25) is 0 Å². The number of aryl methyl sites for hydroxylation is 1. The van der Waals surface area contributed by atoms with Crippen LogP contribution in [-0.2, 0) is 0 Å². The lowest BCUT2D eigenvalue weighted by Crippen LogP contribution is -2.47. The molecular weight excluding hydrogens is 272 g/mol. The van der Waals surface area contributed by atoms with Crippen molar-refractivity contribution in [2.75, 3.05) is 19.7 Å². The quantitative estimate of drug-likeness (QED) is 0.791. The van der Waals surface area contributed by atoms with Gasteiger partial charge in [-0.05, 0) is 62.8 Å². The predicted molar refractivity (Wildman–Crippen MR) is 91.4 cm³/mol. The summed E-state index contributed by atoms with van der Waals surface area (Å²) in [5, 5.41) is 7.49. The summed E-state index contributed by atoms with van der Waals surface area (Å²) in [5.41, 5.74) is 1.25. The number of hydrogen-bond donors (Lipinski definition) is 2. The van der Waals surface area contributed by atoms with Gasteiger partial charge in [-0.1, -0.05) is 25.0 Å². The fourth-order valence-electron chi connectivity index (χ4n) is 4.09. The molecule has 3 unspecified atom stereocenters. The Bertz CT molecular complexity index is 457. The van der Waals surface area contributed by atoms with Crippen molar-refractivity contribution < 1.29 is 4.74 Å². The summed E-state index contributed by atoms with van der Waals surface area (Å²) in [6.45, 7) is 5.02. The summed E-state index contributed by atoms with van der Waals surface area (Å²) in [6.07, 6.45) is 8.20. The third-order valence-electron chi connectivity index (χ3n) is 5.20. The van der Waals surface area contributed by atoms with Crippen molar-refractivity contribution in [2.45, 2.75) is 57.5 Å². The first kappa shape index (κ1) is 15.8. The van der Waals surface area contributed by atoms with Crippen molar-refractivity contribution in [3.05, 3.63) is 29.8 Å². The minimum absolute atomic E-state index is 0.678. The molecule has 0 aromatic heterocycles. The van der Waals surface area contributed by atoms with Crippen LogP contribution >= 0.6 is 0 Å². The molecule has 1 aromatic carbocycles. The van der Waals surface area contributed by atoms with E-state index in [1.54, 1.807) is 0 Å². The number of rotatable bonds is 6. The highest BCUT2D eigenvalue weighted by molar-refractivity contribution is 5.27. The van der Waals surface area contributed by atoms with Crippen LogP contribution in [0.4, 0.5) is 0 Å². The topological polar surface area (TPSA) is 33.3 Å². The van der Waals surface area contributed by atoms with Gasteiger partial charge in [0, 0.05) is 18.6 Å². The minimum atomic E-state index is 0.678. The molecule has 3 rings (SSSR count). The Morgan fingerprint density at radius 1 is 1.18 bits per heavy atom. The molecule has 1 saturated carbocycles. The number of nitrogens with one attached hydrogen (secondary N) is 2. The van der Waals surface area contributed by atoms with Crippen molar-refractivity contribution >= 4 is 0 Å². The number of ether oxygens (including phenoxy) is 1. The molecule has 0 spiro atoms. The monoisotopic (exact) mass is 302 g/mol. The fraction of sp³-hybridized carbons (Fsp3) is 0.684. The van der Waals surface area contributed by atoms with Crippen LogP contribution in [0.3, 0.4) is 0 Å². The lowest BCUT2D eigenvalue weighted by Gasteiger charge is -2.33. The van der Waals surface area contributed by atoms with Gasteiger partial charge in [-0.15, -0.1) is 0 Å². The van der Waals surface area contributed by atoms with E-state index >= 15 is 0 Å². The molecule has 3 nitrogen and oxygen atoms in total. The van der Waals surface area contributed by atoms with Gasteiger partial charge in [0.25, 0.3) is 0 Å². The van der Waals surface area contributed by atoms with Gasteiger partial charge < -0.3 is 15.4 Å². The van der Waals surface area contributed by atoms with Crippen LogP contribution in [0.25, 0.3) is 0 Å². The second-order valence-electron chi connectivity index (χ2n) is 6.88. The molecule has 22 heavy (non-hydrogen) atoms. The molecule has 0 amide bonds. The Hall–Kier alpha value is -1.06. The van der Waals surface area contributed by atoms with Crippen molar-refractivity contribution in [2.24, 2.45) is 5.92 Å². The van der Waals surface area contributed by atoms with E-state index in [1.807, 2.05) is 6.07 Å². The summed E-state index contributed by atoms with van der Waals surface area (Å²) >= 11 is 0. The molecule has 0 bridgehead atoms. The lowest BCUT2D eigenvalue weighted by atomic mass is 9.88. The number of benzene rings is 1. The number of hydrogen-bond acceptors (Lipinski definition) is 3. The van der Waals surface area contributed by atoms with Gasteiger partial charge in [0.1, 0.15) is 12.4 Å². The summed E-state index contributed by atoms with van der Waals surface area (Å²) < 4.78 is 5.85. The van der Waals surface area contributed by atoms with E-state index in [0.717, 1.165) is 30.9 Å². The van der Waals surface area contributed by atoms with Crippen molar-refractivity contribution in [1.82, 2.24) is 10.6 Å². The average Bonchev–Trinajstić information content (AvgIpc) is 3.01. The first-order valence-corrected chi connectivity index (χ1v) is 8.99. The maximum absolute atomic E-state index is 5.85. The van der Waals surface area contributed by atoms with E-state index in [0.29, 0.717) is 6.04 Å². The van der Waals surface area contributed by atoms with Crippen molar-refractivity contribution in [3.8, 4) is 5.75 Å². The Morgan fingerprint density at radius 2 is 2.14 bits per heavy atom. The summed E-state index contributed by atoms with van der Waals surface area (Å²) in [7, 11) is 0. The SMILES string of the molecule is Cc1cccc(OCCNC2CCCC2C2CCCCN2)c1. The van der Waals surface area contributed by atoms with Crippen LogP contribution in [0.2, 0.25) is 0 Å². The highest BCUT2D eigenvalue weighted by Gasteiger charge is 2.33. The minimum Gasteiger partial charge on any atom is -0.492 e. The van der Waals surface area contributed by atoms with E-state index in [2.05, 4.69) is 35.8 Å². The standard InChI is InChI=1S/C19H30N2O/c1-15-6-4-7-16(14-15)22-13-12-21-19-10-5-8-17(19)18-9-2-3-11-20-18/h4,6-7,14,17-21H,2-3,5,8-13H2,1H3. The Labute approximate surface area is 134 Å². The fourth-order valence-corrected chi connectivity index (χ4v) is 4.09. The third-order valence-corrected chi connectivity index (χ3v) is 5.20. The zero-order valence-electron chi connectivity index (χ0n) is 13.8.